The fourth-order valence-electron chi connectivity index (χ4n) is 2.22. The second-order valence-corrected chi connectivity index (χ2v) is 6.15. The summed E-state index contributed by atoms with van der Waals surface area (Å²) in [4.78, 5) is 4.24. The van der Waals surface area contributed by atoms with Crippen LogP contribution >= 0.6 is 11.5 Å². The molecule has 128 valence electrons. The van der Waals surface area contributed by atoms with Crippen LogP contribution < -0.4 is 10.6 Å². The molecule has 3 rings (SSSR count). The molecular formula is C17H15F2N5S. The predicted molar refractivity (Wildman–Crippen MR) is 95.9 cm³/mol. The Morgan fingerprint density at radius 1 is 1.24 bits per heavy atom. The molecule has 0 aliphatic rings. The molecule has 0 amide bonds. The standard InChI is InChI=1S/C17H15F2N5S/c1-10-4-17(25-24-10)23-16-6-15(12(7-20)9-22-16)21-8-11-5-13(18)2-3-14(11)19/h2-7,9,20H,8H2,1H3,(H2,21,22,23). The zero-order valence-corrected chi connectivity index (χ0v) is 14.1. The number of benzene rings is 1. The van der Waals surface area contributed by atoms with E-state index in [1.807, 2.05) is 13.0 Å². The first-order valence-corrected chi connectivity index (χ1v) is 8.21. The van der Waals surface area contributed by atoms with Crippen molar-refractivity contribution in [1.29, 1.82) is 5.41 Å². The Kier molecular flexibility index (Phi) is 4.99. The van der Waals surface area contributed by atoms with Gasteiger partial charge in [0.1, 0.15) is 22.5 Å². The molecule has 3 N–H and O–H groups in total. The number of hydrogen-bond donors (Lipinski definition) is 3. The summed E-state index contributed by atoms with van der Waals surface area (Å²) in [5.41, 5.74) is 2.25. The van der Waals surface area contributed by atoms with E-state index in [1.54, 1.807) is 6.07 Å². The molecule has 0 fully saturated rings. The Hall–Kier alpha value is -2.87. The van der Waals surface area contributed by atoms with Gasteiger partial charge in [-0.05, 0) is 42.7 Å². The zero-order valence-electron chi connectivity index (χ0n) is 13.3. The minimum atomic E-state index is -0.497. The maximum atomic E-state index is 13.7. The highest BCUT2D eigenvalue weighted by Gasteiger charge is 2.08. The summed E-state index contributed by atoms with van der Waals surface area (Å²) in [6.07, 6.45) is 2.69. The molecule has 0 aliphatic carbocycles. The molecule has 5 nitrogen and oxygen atoms in total. The molecule has 1 aromatic carbocycles. The highest BCUT2D eigenvalue weighted by molar-refractivity contribution is 7.10. The van der Waals surface area contributed by atoms with Gasteiger partial charge in [0.25, 0.3) is 0 Å². The van der Waals surface area contributed by atoms with Crippen LogP contribution in [0.1, 0.15) is 16.8 Å². The van der Waals surface area contributed by atoms with Crippen LogP contribution in [0.15, 0.2) is 36.5 Å². The topological polar surface area (TPSA) is 73.7 Å². The first-order chi connectivity index (χ1) is 12.0. The van der Waals surface area contributed by atoms with E-state index >= 15 is 0 Å². The predicted octanol–water partition coefficient (Wildman–Crippen LogP) is 4.48. The lowest BCUT2D eigenvalue weighted by atomic mass is 10.2. The summed E-state index contributed by atoms with van der Waals surface area (Å²) >= 11 is 1.32. The van der Waals surface area contributed by atoms with Gasteiger partial charge in [-0.3, -0.25) is 0 Å². The summed E-state index contributed by atoms with van der Waals surface area (Å²) in [5.74, 6) is -0.419. The van der Waals surface area contributed by atoms with Gasteiger partial charge in [-0.2, -0.15) is 4.37 Å². The number of halogens is 2. The molecule has 0 saturated heterocycles. The van der Waals surface area contributed by atoms with Crippen LogP contribution in [0, 0.1) is 24.0 Å². The summed E-state index contributed by atoms with van der Waals surface area (Å²) in [6.45, 7) is 1.99. The van der Waals surface area contributed by atoms with Gasteiger partial charge in [0.05, 0.1) is 5.69 Å². The minimum absolute atomic E-state index is 0.0908. The molecule has 2 aromatic heterocycles. The fourth-order valence-corrected chi connectivity index (χ4v) is 2.89. The Morgan fingerprint density at radius 2 is 2.08 bits per heavy atom. The van der Waals surface area contributed by atoms with Gasteiger partial charge in [0.2, 0.25) is 0 Å². The van der Waals surface area contributed by atoms with Crippen molar-refractivity contribution in [2.45, 2.75) is 13.5 Å². The number of hydrogen-bond acceptors (Lipinski definition) is 6. The SMILES string of the molecule is Cc1cc(Nc2cc(NCc3cc(F)ccc3F)c(C=N)cn2)sn1. The molecule has 25 heavy (non-hydrogen) atoms. The van der Waals surface area contributed by atoms with Crippen LogP contribution in [-0.4, -0.2) is 15.6 Å². The average molecular weight is 359 g/mol. The summed E-state index contributed by atoms with van der Waals surface area (Å²) in [6, 6.07) is 6.93. The number of aromatic nitrogens is 2. The Morgan fingerprint density at radius 3 is 2.80 bits per heavy atom. The van der Waals surface area contributed by atoms with Gasteiger partial charge in [-0.15, -0.1) is 0 Å². The molecule has 0 unspecified atom stereocenters. The normalized spacial score (nSPS) is 10.5. The van der Waals surface area contributed by atoms with Gasteiger partial charge in [0, 0.05) is 41.8 Å². The zero-order chi connectivity index (χ0) is 17.8. The maximum absolute atomic E-state index is 13.7. The second kappa shape index (κ2) is 7.35. The van der Waals surface area contributed by atoms with Crippen LogP contribution in [0.4, 0.5) is 25.3 Å². The van der Waals surface area contributed by atoms with E-state index in [9.17, 15) is 8.78 Å². The van der Waals surface area contributed by atoms with E-state index in [2.05, 4.69) is 20.0 Å². The number of pyridine rings is 1. The van der Waals surface area contributed by atoms with Crippen molar-refractivity contribution < 1.29 is 8.78 Å². The van der Waals surface area contributed by atoms with Crippen molar-refractivity contribution in [2.24, 2.45) is 0 Å². The lowest BCUT2D eigenvalue weighted by Crippen LogP contribution is -2.06. The summed E-state index contributed by atoms with van der Waals surface area (Å²) < 4.78 is 31.2. The molecular weight excluding hydrogens is 344 g/mol. The smallest absolute Gasteiger partial charge is 0.133 e. The highest BCUT2D eigenvalue weighted by atomic mass is 32.1. The monoisotopic (exact) mass is 359 g/mol. The van der Waals surface area contributed by atoms with Crippen LogP contribution in [0.25, 0.3) is 0 Å². The second-order valence-electron chi connectivity index (χ2n) is 5.35. The summed E-state index contributed by atoms with van der Waals surface area (Å²) in [5, 5.41) is 14.5. The van der Waals surface area contributed by atoms with E-state index in [4.69, 9.17) is 5.41 Å². The van der Waals surface area contributed by atoms with Gasteiger partial charge in [0.15, 0.2) is 0 Å². The number of anilines is 3. The third-order valence-corrected chi connectivity index (χ3v) is 4.24. The number of nitrogens with zero attached hydrogens (tertiary/aromatic N) is 2. The van der Waals surface area contributed by atoms with E-state index in [-0.39, 0.29) is 12.1 Å². The average Bonchev–Trinajstić information content (AvgIpc) is 3.00. The number of rotatable bonds is 6. The van der Waals surface area contributed by atoms with Crippen molar-refractivity contribution in [3.63, 3.8) is 0 Å². The van der Waals surface area contributed by atoms with Crippen molar-refractivity contribution in [1.82, 2.24) is 9.36 Å². The number of aryl methyl sites for hydroxylation is 1. The van der Waals surface area contributed by atoms with Crippen LogP contribution in [0.3, 0.4) is 0 Å². The molecule has 0 atom stereocenters. The van der Waals surface area contributed by atoms with Gasteiger partial charge in [-0.1, -0.05) is 0 Å². The van der Waals surface area contributed by atoms with E-state index < -0.39 is 11.6 Å². The summed E-state index contributed by atoms with van der Waals surface area (Å²) in [7, 11) is 0. The molecule has 0 saturated carbocycles. The first-order valence-electron chi connectivity index (χ1n) is 7.44. The highest BCUT2D eigenvalue weighted by Crippen LogP contribution is 2.24. The third-order valence-electron chi connectivity index (χ3n) is 3.45. The quantitative estimate of drug-likeness (QED) is 0.568. The molecule has 8 heteroatoms. The number of nitrogens with one attached hydrogen (secondary N) is 3. The molecule has 0 radical (unpaired) electrons. The van der Waals surface area contributed by atoms with Crippen LogP contribution in [0.5, 0.6) is 0 Å². The Bertz CT molecular complexity index is 910. The van der Waals surface area contributed by atoms with E-state index in [0.29, 0.717) is 17.1 Å². The van der Waals surface area contributed by atoms with Crippen LogP contribution in [-0.2, 0) is 6.54 Å². The fraction of sp³-hybridized carbons (Fsp3) is 0.118. The van der Waals surface area contributed by atoms with E-state index in [0.717, 1.165) is 35.1 Å². The molecule has 0 spiro atoms. The Balaban J connectivity index is 1.80. The lowest BCUT2D eigenvalue weighted by Gasteiger charge is -2.12. The maximum Gasteiger partial charge on any atom is 0.133 e. The van der Waals surface area contributed by atoms with Crippen molar-refractivity contribution in [2.75, 3.05) is 10.6 Å². The van der Waals surface area contributed by atoms with Gasteiger partial charge in [-0.25, -0.2) is 13.8 Å². The minimum Gasteiger partial charge on any atom is -0.380 e. The Labute approximate surface area is 147 Å². The van der Waals surface area contributed by atoms with Crippen LogP contribution in [0.2, 0.25) is 0 Å². The molecule has 0 aliphatic heterocycles. The molecule has 3 aromatic rings. The van der Waals surface area contributed by atoms with Crippen molar-refractivity contribution in [3.8, 4) is 0 Å². The van der Waals surface area contributed by atoms with Crippen molar-refractivity contribution >= 4 is 34.3 Å². The lowest BCUT2D eigenvalue weighted by molar-refractivity contribution is 0.587. The largest absolute Gasteiger partial charge is 0.380 e. The third kappa shape index (κ3) is 4.16. The molecule has 2 heterocycles. The van der Waals surface area contributed by atoms with E-state index in [1.165, 1.54) is 17.7 Å². The van der Waals surface area contributed by atoms with Gasteiger partial charge < -0.3 is 16.0 Å². The van der Waals surface area contributed by atoms with Crippen molar-refractivity contribution in [3.05, 3.63) is 65.0 Å². The molecule has 0 bridgehead atoms. The van der Waals surface area contributed by atoms with Gasteiger partial charge >= 0.3 is 0 Å². The first kappa shape index (κ1) is 17.0.